The van der Waals surface area contributed by atoms with Crippen LogP contribution in [0.3, 0.4) is 0 Å². The van der Waals surface area contributed by atoms with E-state index >= 15 is 0 Å². The van der Waals surface area contributed by atoms with Crippen molar-refractivity contribution in [1.82, 2.24) is 19.6 Å². The van der Waals surface area contributed by atoms with Gasteiger partial charge in [-0.3, -0.25) is 9.36 Å². The number of halogens is 1. The summed E-state index contributed by atoms with van der Waals surface area (Å²) in [6.07, 6.45) is 8.86. The van der Waals surface area contributed by atoms with Gasteiger partial charge in [0, 0.05) is 38.1 Å². The third-order valence-electron chi connectivity index (χ3n) is 2.34. The molecule has 0 spiro atoms. The fraction of sp³-hybridized carbons (Fsp3) is 0.455. The van der Waals surface area contributed by atoms with Gasteiger partial charge in [0.2, 0.25) is 0 Å². The van der Waals surface area contributed by atoms with Gasteiger partial charge in [-0.15, -0.1) is 12.4 Å². The summed E-state index contributed by atoms with van der Waals surface area (Å²) in [6.45, 7) is 3.91. The minimum Gasteiger partial charge on any atom is -0.378 e. The summed E-state index contributed by atoms with van der Waals surface area (Å²) in [5.41, 5.74) is 2.23. The number of aromatic nitrogens is 4. The van der Waals surface area contributed by atoms with Crippen LogP contribution in [-0.2, 0) is 20.1 Å². The predicted molar refractivity (Wildman–Crippen MR) is 70.3 cm³/mol. The van der Waals surface area contributed by atoms with E-state index in [9.17, 15) is 0 Å². The molecule has 0 saturated heterocycles. The molecule has 0 bridgehead atoms. The number of rotatable bonds is 5. The summed E-state index contributed by atoms with van der Waals surface area (Å²) in [4.78, 5) is 0. The second kappa shape index (κ2) is 6.30. The van der Waals surface area contributed by atoms with Crippen molar-refractivity contribution in [1.29, 1.82) is 0 Å². The van der Waals surface area contributed by atoms with Gasteiger partial charge in [-0.05, 0) is 6.42 Å². The average molecular weight is 256 g/mol. The smallest absolute Gasteiger partial charge is 0.0729 e. The van der Waals surface area contributed by atoms with Gasteiger partial charge in [0.15, 0.2) is 0 Å². The van der Waals surface area contributed by atoms with Gasteiger partial charge in [-0.2, -0.15) is 10.2 Å². The first-order valence-corrected chi connectivity index (χ1v) is 5.52. The van der Waals surface area contributed by atoms with Gasteiger partial charge < -0.3 is 5.32 Å². The molecule has 1 N–H and O–H groups in total. The maximum absolute atomic E-state index is 4.28. The highest BCUT2D eigenvalue weighted by Gasteiger charge is 1.99. The van der Waals surface area contributed by atoms with Gasteiger partial charge in [0.1, 0.15) is 0 Å². The lowest BCUT2D eigenvalue weighted by Gasteiger charge is -1.99. The molecule has 0 amide bonds. The third-order valence-corrected chi connectivity index (χ3v) is 2.34. The van der Waals surface area contributed by atoms with E-state index in [1.165, 1.54) is 5.56 Å². The van der Waals surface area contributed by atoms with Crippen LogP contribution in [0.15, 0.2) is 24.8 Å². The van der Waals surface area contributed by atoms with Crippen LogP contribution in [0.25, 0.3) is 0 Å². The molecule has 17 heavy (non-hydrogen) atoms. The molecule has 2 rings (SSSR count). The largest absolute Gasteiger partial charge is 0.378 e. The number of hydrogen-bond acceptors (Lipinski definition) is 3. The molecule has 0 aliphatic carbocycles. The molecule has 5 nitrogen and oxygen atoms in total. The quantitative estimate of drug-likeness (QED) is 0.890. The lowest BCUT2D eigenvalue weighted by atomic mass is 10.3. The molecule has 0 atom stereocenters. The van der Waals surface area contributed by atoms with Gasteiger partial charge in [0.25, 0.3) is 0 Å². The Morgan fingerprint density at radius 1 is 1.24 bits per heavy atom. The van der Waals surface area contributed by atoms with Crippen molar-refractivity contribution in [3.05, 3.63) is 30.4 Å². The van der Waals surface area contributed by atoms with E-state index in [1.807, 2.05) is 30.3 Å². The van der Waals surface area contributed by atoms with Gasteiger partial charge in [-0.25, -0.2) is 0 Å². The van der Waals surface area contributed by atoms with Crippen LogP contribution in [-0.4, -0.2) is 19.6 Å². The van der Waals surface area contributed by atoms with Gasteiger partial charge in [0.05, 0.1) is 18.1 Å². The Kier molecular flexibility index (Phi) is 5.03. The van der Waals surface area contributed by atoms with Crippen molar-refractivity contribution in [2.75, 3.05) is 5.32 Å². The maximum Gasteiger partial charge on any atom is 0.0729 e. The van der Waals surface area contributed by atoms with Crippen molar-refractivity contribution >= 4 is 18.1 Å². The Morgan fingerprint density at radius 2 is 2.06 bits per heavy atom. The Hall–Kier alpha value is -1.49. The molecule has 0 aliphatic heterocycles. The van der Waals surface area contributed by atoms with Crippen molar-refractivity contribution in [3.63, 3.8) is 0 Å². The molecule has 0 aliphatic rings. The Morgan fingerprint density at radius 3 is 2.71 bits per heavy atom. The van der Waals surface area contributed by atoms with Crippen LogP contribution < -0.4 is 5.32 Å². The summed E-state index contributed by atoms with van der Waals surface area (Å²) in [5.74, 6) is 0. The molecule has 2 heterocycles. The standard InChI is InChI=1S/C11H17N5.ClH/c1-3-4-16-8-10(6-14-16)5-12-11-7-13-15(2)9-11;/h6-9,12H,3-5H2,1-2H3;1H. The molecule has 2 aromatic rings. The first kappa shape index (κ1) is 13.6. The minimum atomic E-state index is 0. The second-order valence-electron chi connectivity index (χ2n) is 3.87. The molecule has 0 radical (unpaired) electrons. The number of nitrogens with zero attached hydrogens (tertiary/aromatic N) is 4. The normalized spacial score (nSPS) is 10.0. The zero-order valence-electron chi connectivity index (χ0n) is 10.1. The lowest BCUT2D eigenvalue weighted by molar-refractivity contribution is 0.602. The predicted octanol–water partition coefficient (Wildman–Crippen LogP) is 2.06. The van der Waals surface area contributed by atoms with Crippen LogP contribution in [0.4, 0.5) is 5.69 Å². The summed E-state index contributed by atoms with van der Waals surface area (Å²) in [6, 6.07) is 0. The molecular weight excluding hydrogens is 238 g/mol. The molecule has 0 saturated carbocycles. The molecule has 6 heteroatoms. The topological polar surface area (TPSA) is 47.7 Å². The summed E-state index contributed by atoms with van der Waals surface area (Å²) in [5, 5.41) is 11.7. The number of aryl methyl sites for hydroxylation is 2. The van der Waals surface area contributed by atoms with E-state index in [1.54, 1.807) is 4.68 Å². The van der Waals surface area contributed by atoms with E-state index in [0.29, 0.717) is 0 Å². The van der Waals surface area contributed by atoms with E-state index in [0.717, 1.165) is 25.2 Å². The molecular formula is C11H18ClN5. The number of anilines is 1. The molecule has 0 fully saturated rings. The Bertz CT molecular complexity index is 448. The van der Waals surface area contributed by atoms with E-state index in [2.05, 4.69) is 28.6 Å². The van der Waals surface area contributed by atoms with E-state index in [4.69, 9.17) is 0 Å². The van der Waals surface area contributed by atoms with E-state index < -0.39 is 0 Å². The van der Waals surface area contributed by atoms with Gasteiger partial charge in [-0.1, -0.05) is 6.92 Å². The summed E-state index contributed by atoms with van der Waals surface area (Å²) in [7, 11) is 1.91. The van der Waals surface area contributed by atoms with Crippen LogP contribution in [0.1, 0.15) is 18.9 Å². The third kappa shape index (κ3) is 3.78. The lowest BCUT2D eigenvalue weighted by Crippen LogP contribution is -1.98. The average Bonchev–Trinajstić information content (AvgIpc) is 2.85. The SMILES string of the molecule is CCCn1cc(CNc2cnn(C)c2)cn1.Cl. The maximum atomic E-state index is 4.28. The number of hydrogen-bond donors (Lipinski definition) is 1. The Labute approximate surface area is 107 Å². The van der Waals surface area contributed by atoms with Crippen molar-refractivity contribution < 1.29 is 0 Å². The van der Waals surface area contributed by atoms with Crippen LogP contribution >= 0.6 is 12.4 Å². The first-order chi connectivity index (χ1) is 7.78. The monoisotopic (exact) mass is 255 g/mol. The van der Waals surface area contributed by atoms with Crippen LogP contribution in [0, 0.1) is 0 Å². The van der Waals surface area contributed by atoms with Crippen molar-refractivity contribution in [3.8, 4) is 0 Å². The highest BCUT2D eigenvalue weighted by Crippen LogP contribution is 2.06. The molecule has 0 aromatic carbocycles. The molecule has 0 unspecified atom stereocenters. The second-order valence-corrected chi connectivity index (χ2v) is 3.87. The highest BCUT2D eigenvalue weighted by molar-refractivity contribution is 5.85. The van der Waals surface area contributed by atoms with Crippen molar-refractivity contribution in [2.24, 2.45) is 7.05 Å². The molecule has 94 valence electrons. The fourth-order valence-corrected chi connectivity index (χ4v) is 1.57. The van der Waals surface area contributed by atoms with Crippen molar-refractivity contribution in [2.45, 2.75) is 26.4 Å². The van der Waals surface area contributed by atoms with Crippen LogP contribution in [0.2, 0.25) is 0 Å². The minimum absolute atomic E-state index is 0. The highest BCUT2D eigenvalue weighted by atomic mass is 35.5. The van der Waals surface area contributed by atoms with Crippen LogP contribution in [0.5, 0.6) is 0 Å². The zero-order chi connectivity index (χ0) is 11.4. The fourth-order valence-electron chi connectivity index (χ4n) is 1.57. The first-order valence-electron chi connectivity index (χ1n) is 5.52. The summed E-state index contributed by atoms with van der Waals surface area (Å²) < 4.78 is 3.75. The van der Waals surface area contributed by atoms with Gasteiger partial charge >= 0.3 is 0 Å². The molecule has 2 aromatic heterocycles. The summed E-state index contributed by atoms with van der Waals surface area (Å²) >= 11 is 0. The number of nitrogens with one attached hydrogen (secondary N) is 1. The Balaban J connectivity index is 0.00000144. The zero-order valence-corrected chi connectivity index (χ0v) is 10.9. The van der Waals surface area contributed by atoms with E-state index in [-0.39, 0.29) is 12.4 Å².